The second-order valence-electron chi connectivity index (χ2n) is 8.16. The molecule has 1 saturated carbocycles. The van der Waals surface area contributed by atoms with Gasteiger partial charge in [-0.1, -0.05) is 0 Å². The first kappa shape index (κ1) is 17.2. The van der Waals surface area contributed by atoms with E-state index in [0.29, 0.717) is 30.0 Å². The molecule has 0 radical (unpaired) electrons. The van der Waals surface area contributed by atoms with Gasteiger partial charge in [-0.05, 0) is 51.4 Å². The zero-order chi connectivity index (χ0) is 16.4. The summed E-state index contributed by atoms with van der Waals surface area (Å²) in [5.41, 5.74) is 10.8. The van der Waals surface area contributed by atoms with Gasteiger partial charge < -0.3 is 9.47 Å². The summed E-state index contributed by atoms with van der Waals surface area (Å²) in [4.78, 5) is 0. The Morgan fingerprint density at radius 1 is 1.04 bits per heavy atom. The molecule has 4 bridgehead atoms. The van der Waals surface area contributed by atoms with E-state index in [0.717, 1.165) is 32.7 Å². The van der Waals surface area contributed by atoms with Gasteiger partial charge in [0.15, 0.2) is 0 Å². The minimum Gasteiger partial charge on any atom is -0.376 e. The van der Waals surface area contributed by atoms with Gasteiger partial charge in [-0.3, -0.25) is 16.3 Å². The Morgan fingerprint density at radius 3 is 2.96 bits per heavy atom. The van der Waals surface area contributed by atoms with E-state index in [9.17, 15) is 0 Å². The molecule has 6 heteroatoms. The molecule has 3 saturated heterocycles. The van der Waals surface area contributed by atoms with Gasteiger partial charge in [0.25, 0.3) is 0 Å². The summed E-state index contributed by atoms with van der Waals surface area (Å²) in [6.45, 7) is 7.19. The summed E-state index contributed by atoms with van der Waals surface area (Å²) >= 11 is 0. The van der Waals surface area contributed by atoms with Crippen LogP contribution in [0.1, 0.15) is 45.4 Å². The molecule has 6 nitrogen and oxygen atoms in total. The number of ether oxygens (including phenoxy) is 2. The van der Waals surface area contributed by atoms with Crippen LogP contribution in [0.4, 0.5) is 0 Å². The van der Waals surface area contributed by atoms with Crippen molar-refractivity contribution in [2.24, 2.45) is 11.8 Å². The quantitative estimate of drug-likeness (QED) is 0.614. The van der Waals surface area contributed by atoms with Crippen molar-refractivity contribution in [3.63, 3.8) is 0 Å². The van der Waals surface area contributed by atoms with Crippen LogP contribution in [0, 0.1) is 11.8 Å². The van der Waals surface area contributed by atoms with Gasteiger partial charge in [0.2, 0.25) is 0 Å². The molecule has 3 aliphatic heterocycles. The van der Waals surface area contributed by atoms with E-state index >= 15 is 0 Å². The van der Waals surface area contributed by atoms with Gasteiger partial charge in [0.1, 0.15) is 0 Å². The topological polar surface area (TPSA) is 57.8 Å². The second-order valence-corrected chi connectivity index (χ2v) is 8.16. The van der Waals surface area contributed by atoms with Crippen molar-refractivity contribution in [2.45, 2.75) is 69.7 Å². The maximum Gasteiger partial charge on any atom is 0.0780 e. The standard InChI is InChI=1S/C18H34N4O2/c1-13-12-24-15-5-6-17-16(9-15)18(21-20-17)14-10-19-22(11-14)7-3-2-4-8-23-13/h13-21H,2-12H2,1H3/t13-,14?,15?,16?,17?,18?/m0/s1. The smallest absolute Gasteiger partial charge is 0.0780 e. The average Bonchev–Trinajstić information content (AvgIpc) is 3.21. The molecule has 0 spiro atoms. The highest BCUT2D eigenvalue weighted by Gasteiger charge is 2.45. The Hall–Kier alpha value is -0.240. The van der Waals surface area contributed by atoms with E-state index in [1.165, 1.54) is 38.6 Å². The lowest BCUT2D eigenvalue weighted by Gasteiger charge is -2.35. The lowest BCUT2D eigenvalue weighted by atomic mass is 9.76. The normalized spacial score (nSPS) is 47.6. The fourth-order valence-corrected chi connectivity index (χ4v) is 4.93. The first-order valence-corrected chi connectivity index (χ1v) is 10.0. The Bertz CT molecular complexity index is 410. The largest absolute Gasteiger partial charge is 0.376 e. The highest BCUT2D eigenvalue weighted by molar-refractivity contribution is 5.00. The molecule has 4 fully saturated rings. The number of nitrogens with zero attached hydrogens (tertiary/aromatic N) is 1. The van der Waals surface area contributed by atoms with Crippen LogP contribution in [-0.4, -0.2) is 62.1 Å². The van der Waals surface area contributed by atoms with Gasteiger partial charge in [-0.2, -0.15) is 0 Å². The SMILES string of the molecule is C[C@H]1COC2CCC3NNC(C4CNN(CCCCCO1)C4)C3C2. The maximum atomic E-state index is 6.22. The first-order chi connectivity index (χ1) is 11.8. The van der Waals surface area contributed by atoms with Crippen molar-refractivity contribution >= 4 is 0 Å². The molecule has 0 aromatic rings. The van der Waals surface area contributed by atoms with Crippen LogP contribution >= 0.6 is 0 Å². The van der Waals surface area contributed by atoms with Crippen LogP contribution in [0.15, 0.2) is 0 Å². The molecule has 6 unspecified atom stereocenters. The van der Waals surface area contributed by atoms with E-state index < -0.39 is 0 Å². The molecule has 24 heavy (non-hydrogen) atoms. The van der Waals surface area contributed by atoms with Crippen LogP contribution in [0.3, 0.4) is 0 Å². The predicted octanol–water partition coefficient (Wildman–Crippen LogP) is 1.04. The summed E-state index contributed by atoms with van der Waals surface area (Å²) in [5.74, 6) is 1.39. The third-order valence-corrected chi connectivity index (χ3v) is 6.33. The number of hydrogen-bond donors (Lipinski definition) is 3. The molecular formula is C18H34N4O2. The average molecular weight is 338 g/mol. The molecule has 3 heterocycles. The van der Waals surface area contributed by atoms with Crippen LogP contribution in [-0.2, 0) is 9.47 Å². The molecule has 0 aromatic heterocycles. The number of hydrazine groups is 2. The monoisotopic (exact) mass is 338 g/mol. The molecule has 3 N–H and O–H groups in total. The van der Waals surface area contributed by atoms with Gasteiger partial charge in [-0.15, -0.1) is 0 Å². The summed E-state index contributed by atoms with van der Waals surface area (Å²) in [5, 5.41) is 2.44. The van der Waals surface area contributed by atoms with Gasteiger partial charge >= 0.3 is 0 Å². The molecular weight excluding hydrogens is 304 g/mol. The van der Waals surface area contributed by atoms with Crippen molar-refractivity contribution in [3.05, 3.63) is 0 Å². The summed E-state index contributed by atoms with van der Waals surface area (Å²) in [6, 6.07) is 1.19. The number of fused-ring (bicyclic) bond motifs is 4. The minimum absolute atomic E-state index is 0.216. The number of rotatable bonds is 0. The fourth-order valence-electron chi connectivity index (χ4n) is 4.93. The molecule has 4 aliphatic rings. The van der Waals surface area contributed by atoms with Crippen LogP contribution in [0.25, 0.3) is 0 Å². The van der Waals surface area contributed by atoms with E-state index in [-0.39, 0.29) is 6.10 Å². The van der Waals surface area contributed by atoms with Gasteiger partial charge in [0.05, 0.1) is 18.8 Å². The molecule has 4 rings (SSSR count). The molecule has 0 aromatic carbocycles. The molecule has 7 atom stereocenters. The Labute approximate surface area is 145 Å². The van der Waals surface area contributed by atoms with Crippen molar-refractivity contribution in [1.82, 2.24) is 21.3 Å². The third kappa shape index (κ3) is 3.94. The van der Waals surface area contributed by atoms with Crippen LogP contribution in [0.5, 0.6) is 0 Å². The van der Waals surface area contributed by atoms with E-state index in [1.54, 1.807) is 0 Å². The third-order valence-electron chi connectivity index (χ3n) is 6.33. The molecule has 1 aliphatic carbocycles. The van der Waals surface area contributed by atoms with Crippen molar-refractivity contribution in [3.8, 4) is 0 Å². The summed E-state index contributed by atoms with van der Waals surface area (Å²) in [7, 11) is 0. The zero-order valence-corrected chi connectivity index (χ0v) is 15.0. The summed E-state index contributed by atoms with van der Waals surface area (Å²) in [6.07, 6.45) is 7.84. The van der Waals surface area contributed by atoms with E-state index in [2.05, 4.69) is 28.2 Å². The lowest BCUT2D eigenvalue weighted by Crippen LogP contribution is -2.42. The summed E-state index contributed by atoms with van der Waals surface area (Å²) < 4.78 is 12.1. The highest BCUT2D eigenvalue weighted by Crippen LogP contribution is 2.35. The van der Waals surface area contributed by atoms with Crippen LogP contribution < -0.4 is 16.3 Å². The highest BCUT2D eigenvalue weighted by atomic mass is 16.5. The maximum absolute atomic E-state index is 6.22. The predicted molar refractivity (Wildman–Crippen MR) is 93.3 cm³/mol. The minimum atomic E-state index is 0.216. The Morgan fingerprint density at radius 2 is 2.00 bits per heavy atom. The van der Waals surface area contributed by atoms with Crippen molar-refractivity contribution in [2.75, 3.05) is 32.8 Å². The first-order valence-electron chi connectivity index (χ1n) is 10.0. The number of hydrogen-bond acceptors (Lipinski definition) is 6. The molecule has 138 valence electrons. The van der Waals surface area contributed by atoms with Gasteiger partial charge in [-0.25, -0.2) is 5.01 Å². The lowest BCUT2D eigenvalue weighted by molar-refractivity contribution is -0.0561. The van der Waals surface area contributed by atoms with Crippen molar-refractivity contribution < 1.29 is 9.47 Å². The Balaban J connectivity index is 1.41. The van der Waals surface area contributed by atoms with E-state index in [4.69, 9.17) is 9.47 Å². The van der Waals surface area contributed by atoms with Gasteiger partial charge in [0, 0.05) is 44.2 Å². The number of nitrogens with one attached hydrogen (secondary N) is 3. The fraction of sp³-hybridized carbons (Fsp3) is 1.00. The van der Waals surface area contributed by atoms with Crippen molar-refractivity contribution in [1.29, 1.82) is 0 Å². The Kier molecular flexibility index (Phi) is 5.71. The molecule has 0 amide bonds. The van der Waals surface area contributed by atoms with E-state index in [1.807, 2.05) is 0 Å². The van der Waals surface area contributed by atoms with Crippen LogP contribution in [0.2, 0.25) is 0 Å². The second kappa shape index (κ2) is 7.98. The zero-order valence-electron chi connectivity index (χ0n) is 15.0.